The Morgan fingerprint density at radius 2 is 2.05 bits per heavy atom. The fraction of sp³-hybridized carbons (Fsp3) is 0.312. The number of thioether (sulfide) groups is 1. The smallest absolute Gasteiger partial charge is 0.228 e. The number of anilines is 1. The predicted molar refractivity (Wildman–Crippen MR) is 81.0 cm³/mol. The van der Waals surface area contributed by atoms with Gasteiger partial charge < -0.3 is 9.32 Å². The van der Waals surface area contributed by atoms with Gasteiger partial charge in [-0.15, -0.1) is 11.8 Å². The molecule has 0 spiro atoms. The van der Waals surface area contributed by atoms with Crippen LogP contribution >= 0.6 is 11.8 Å². The molecule has 1 aliphatic heterocycles. The molecule has 3 nitrogen and oxygen atoms in total. The average molecular weight is 287 g/mol. The minimum Gasteiger partial charge on any atom is -0.468 e. The van der Waals surface area contributed by atoms with Gasteiger partial charge in [0.2, 0.25) is 5.91 Å². The fourth-order valence-electron chi connectivity index (χ4n) is 2.54. The summed E-state index contributed by atoms with van der Waals surface area (Å²) in [5.74, 6) is 1.02. The van der Waals surface area contributed by atoms with Crippen LogP contribution < -0.4 is 4.90 Å². The van der Waals surface area contributed by atoms with Crippen LogP contribution in [-0.4, -0.2) is 11.9 Å². The Balaban J connectivity index is 2.04. The van der Waals surface area contributed by atoms with Crippen LogP contribution in [0.4, 0.5) is 5.69 Å². The molecule has 0 saturated carbocycles. The Morgan fingerprint density at radius 1 is 1.25 bits per heavy atom. The molecule has 1 atom stereocenters. The lowest BCUT2D eigenvalue weighted by Crippen LogP contribution is -2.36. The number of carbonyl (C=O) groups is 1. The first-order chi connectivity index (χ1) is 9.66. The third-order valence-corrected chi connectivity index (χ3v) is 4.68. The molecule has 0 aliphatic carbocycles. The molecule has 104 valence electrons. The maximum atomic E-state index is 12.6. The van der Waals surface area contributed by atoms with Crippen LogP contribution in [0.5, 0.6) is 0 Å². The Labute approximate surface area is 123 Å². The number of benzene rings is 1. The number of hydrogen-bond acceptors (Lipinski definition) is 3. The SMILES string of the molecule is CC(C)N1C(=O)CC(c2ccco2)Sc2ccccc21. The highest BCUT2D eigenvalue weighted by Crippen LogP contribution is 2.45. The van der Waals surface area contributed by atoms with Crippen molar-refractivity contribution in [2.75, 3.05) is 4.90 Å². The van der Waals surface area contributed by atoms with Crippen molar-refractivity contribution >= 4 is 23.4 Å². The molecule has 1 unspecified atom stereocenters. The summed E-state index contributed by atoms with van der Waals surface area (Å²) in [5, 5.41) is 0.0439. The third kappa shape index (κ3) is 2.36. The van der Waals surface area contributed by atoms with Crippen molar-refractivity contribution in [2.45, 2.75) is 36.5 Å². The number of furan rings is 1. The number of carbonyl (C=O) groups excluding carboxylic acids is 1. The zero-order valence-electron chi connectivity index (χ0n) is 11.6. The first-order valence-electron chi connectivity index (χ1n) is 6.78. The maximum absolute atomic E-state index is 12.6. The van der Waals surface area contributed by atoms with Gasteiger partial charge in [-0.05, 0) is 38.1 Å². The quantitative estimate of drug-likeness (QED) is 0.827. The highest BCUT2D eigenvalue weighted by molar-refractivity contribution is 7.99. The lowest BCUT2D eigenvalue weighted by molar-refractivity contribution is -0.119. The first-order valence-corrected chi connectivity index (χ1v) is 7.66. The summed E-state index contributed by atoms with van der Waals surface area (Å²) in [6.07, 6.45) is 2.13. The van der Waals surface area contributed by atoms with E-state index in [1.54, 1.807) is 18.0 Å². The Morgan fingerprint density at radius 3 is 2.75 bits per heavy atom. The molecular weight excluding hydrogens is 270 g/mol. The van der Waals surface area contributed by atoms with Gasteiger partial charge in [-0.3, -0.25) is 4.79 Å². The normalized spacial score (nSPS) is 19.1. The number of hydrogen-bond donors (Lipinski definition) is 0. The molecule has 2 aromatic rings. The van der Waals surface area contributed by atoms with Crippen molar-refractivity contribution in [3.8, 4) is 0 Å². The number of amides is 1. The van der Waals surface area contributed by atoms with E-state index in [9.17, 15) is 4.79 Å². The summed E-state index contributed by atoms with van der Waals surface area (Å²) in [5.41, 5.74) is 1.01. The molecule has 1 aromatic heterocycles. The lowest BCUT2D eigenvalue weighted by Gasteiger charge is -2.26. The van der Waals surface area contributed by atoms with E-state index in [4.69, 9.17) is 4.42 Å². The number of rotatable bonds is 2. The second kappa shape index (κ2) is 5.37. The van der Waals surface area contributed by atoms with E-state index in [0.717, 1.165) is 16.3 Å². The van der Waals surface area contributed by atoms with Crippen molar-refractivity contribution in [1.29, 1.82) is 0 Å². The van der Waals surface area contributed by atoms with Crippen molar-refractivity contribution < 1.29 is 9.21 Å². The molecule has 0 N–H and O–H groups in total. The topological polar surface area (TPSA) is 33.5 Å². The lowest BCUT2D eigenvalue weighted by atomic mass is 10.1. The highest BCUT2D eigenvalue weighted by atomic mass is 32.2. The van der Waals surface area contributed by atoms with E-state index in [0.29, 0.717) is 6.42 Å². The molecule has 1 aliphatic rings. The summed E-state index contributed by atoms with van der Waals surface area (Å²) in [6.45, 7) is 4.10. The van der Waals surface area contributed by atoms with Crippen molar-refractivity contribution in [3.05, 3.63) is 48.4 Å². The molecule has 0 fully saturated rings. The van der Waals surface area contributed by atoms with Gasteiger partial charge in [0.15, 0.2) is 0 Å². The zero-order valence-corrected chi connectivity index (χ0v) is 12.4. The average Bonchev–Trinajstić information content (AvgIpc) is 2.89. The predicted octanol–water partition coefficient (Wildman–Crippen LogP) is 4.26. The third-order valence-electron chi connectivity index (χ3n) is 3.40. The molecule has 4 heteroatoms. The minimum absolute atomic E-state index is 0.0439. The van der Waals surface area contributed by atoms with Crippen molar-refractivity contribution in [1.82, 2.24) is 0 Å². The number of fused-ring (bicyclic) bond motifs is 1. The summed E-state index contributed by atoms with van der Waals surface area (Å²) in [7, 11) is 0. The summed E-state index contributed by atoms with van der Waals surface area (Å²) in [4.78, 5) is 15.6. The summed E-state index contributed by atoms with van der Waals surface area (Å²) < 4.78 is 5.50. The molecule has 20 heavy (non-hydrogen) atoms. The van der Waals surface area contributed by atoms with E-state index in [-0.39, 0.29) is 17.2 Å². The molecule has 0 radical (unpaired) electrons. The van der Waals surface area contributed by atoms with E-state index >= 15 is 0 Å². The molecule has 3 rings (SSSR count). The Kier molecular flexibility index (Phi) is 3.57. The number of para-hydroxylation sites is 1. The maximum Gasteiger partial charge on any atom is 0.228 e. The van der Waals surface area contributed by atoms with Gasteiger partial charge in [0, 0.05) is 17.4 Å². The molecule has 1 amide bonds. The van der Waals surface area contributed by atoms with Gasteiger partial charge >= 0.3 is 0 Å². The van der Waals surface area contributed by atoms with Crippen LogP contribution in [0.2, 0.25) is 0 Å². The zero-order chi connectivity index (χ0) is 14.1. The van der Waals surface area contributed by atoms with E-state index in [1.165, 1.54) is 0 Å². The molecule has 0 bridgehead atoms. The Hall–Kier alpha value is -1.68. The van der Waals surface area contributed by atoms with Crippen LogP contribution in [0.3, 0.4) is 0 Å². The van der Waals surface area contributed by atoms with Gasteiger partial charge in [0.05, 0.1) is 17.2 Å². The molecule has 2 heterocycles. The van der Waals surface area contributed by atoms with Crippen LogP contribution in [0.25, 0.3) is 0 Å². The van der Waals surface area contributed by atoms with Crippen LogP contribution in [0, 0.1) is 0 Å². The number of nitrogens with zero attached hydrogens (tertiary/aromatic N) is 1. The van der Waals surface area contributed by atoms with Crippen LogP contribution in [0.15, 0.2) is 52.0 Å². The second-order valence-electron chi connectivity index (χ2n) is 5.15. The highest BCUT2D eigenvalue weighted by Gasteiger charge is 2.31. The van der Waals surface area contributed by atoms with E-state index < -0.39 is 0 Å². The first kappa shape index (κ1) is 13.3. The van der Waals surface area contributed by atoms with Gasteiger partial charge in [0.25, 0.3) is 0 Å². The second-order valence-corrected chi connectivity index (χ2v) is 6.40. The standard InChI is InChI=1S/C16H17NO2S/c1-11(2)17-12-6-3-4-8-14(12)20-15(10-16(17)18)13-7-5-9-19-13/h3-9,11,15H,10H2,1-2H3. The van der Waals surface area contributed by atoms with Crippen molar-refractivity contribution in [3.63, 3.8) is 0 Å². The monoisotopic (exact) mass is 287 g/mol. The largest absolute Gasteiger partial charge is 0.468 e. The van der Waals surface area contributed by atoms with Gasteiger partial charge in [0.1, 0.15) is 5.76 Å². The summed E-state index contributed by atoms with van der Waals surface area (Å²) >= 11 is 1.70. The van der Waals surface area contributed by atoms with Gasteiger partial charge in [-0.1, -0.05) is 12.1 Å². The molecule has 0 saturated heterocycles. The van der Waals surface area contributed by atoms with Gasteiger partial charge in [-0.2, -0.15) is 0 Å². The van der Waals surface area contributed by atoms with Crippen LogP contribution in [0.1, 0.15) is 31.3 Å². The minimum atomic E-state index is 0.0439. The Bertz CT molecular complexity index is 607. The summed E-state index contributed by atoms with van der Waals surface area (Å²) in [6, 6.07) is 12.1. The fourth-order valence-corrected chi connectivity index (χ4v) is 3.77. The van der Waals surface area contributed by atoms with Crippen molar-refractivity contribution in [2.24, 2.45) is 0 Å². The molecular formula is C16H17NO2S. The van der Waals surface area contributed by atoms with E-state index in [1.807, 2.05) is 49.1 Å². The van der Waals surface area contributed by atoms with Gasteiger partial charge in [-0.25, -0.2) is 0 Å². The van der Waals surface area contributed by atoms with E-state index in [2.05, 4.69) is 6.07 Å². The van der Waals surface area contributed by atoms with Crippen LogP contribution in [-0.2, 0) is 4.79 Å². The molecule has 1 aromatic carbocycles.